The van der Waals surface area contributed by atoms with E-state index in [4.69, 9.17) is 0 Å². The third kappa shape index (κ3) is 6.84. The van der Waals surface area contributed by atoms with Gasteiger partial charge in [-0.2, -0.15) is 5.10 Å². The van der Waals surface area contributed by atoms with E-state index in [0.717, 1.165) is 36.8 Å². The van der Waals surface area contributed by atoms with Crippen LogP contribution in [0.1, 0.15) is 12.5 Å². The Morgan fingerprint density at radius 2 is 1.97 bits per heavy atom. The van der Waals surface area contributed by atoms with Crippen molar-refractivity contribution in [1.29, 1.82) is 0 Å². The molecular weight excluding hydrogens is 366 g/mol. The fourth-order valence-electron chi connectivity index (χ4n) is 2.82. The van der Waals surface area contributed by atoms with Crippen LogP contribution in [0.15, 0.2) is 72.2 Å². The summed E-state index contributed by atoms with van der Waals surface area (Å²) in [4.78, 5) is 16.8. The van der Waals surface area contributed by atoms with Crippen LogP contribution >= 0.6 is 0 Å². The Morgan fingerprint density at radius 3 is 2.72 bits per heavy atom. The number of amides is 1. The average molecular weight is 393 g/mol. The van der Waals surface area contributed by atoms with Crippen molar-refractivity contribution < 1.29 is 4.79 Å². The molecule has 0 fully saturated rings. The summed E-state index contributed by atoms with van der Waals surface area (Å²) in [6, 6.07) is 13.5. The first-order chi connectivity index (χ1) is 14.2. The zero-order valence-electron chi connectivity index (χ0n) is 16.6. The molecular formula is C21H27N7O. The Morgan fingerprint density at radius 1 is 1.10 bits per heavy atom. The van der Waals surface area contributed by atoms with Crippen LogP contribution in [0.2, 0.25) is 0 Å². The number of guanidine groups is 1. The first kappa shape index (κ1) is 20.2. The molecule has 1 aromatic carbocycles. The van der Waals surface area contributed by atoms with Gasteiger partial charge >= 0.3 is 0 Å². The molecule has 0 saturated carbocycles. The number of rotatable bonds is 9. The van der Waals surface area contributed by atoms with Gasteiger partial charge < -0.3 is 20.5 Å². The van der Waals surface area contributed by atoms with Gasteiger partial charge in [-0.05, 0) is 42.8 Å². The van der Waals surface area contributed by atoms with Gasteiger partial charge in [-0.1, -0.05) is 12.1 Å². The number of hydrogen-bond donors (Lipinski definition) is 3. The average Bonchev–Trinajstić information content (AvgIpc) is 3.40. The highest BCUT2D eigenvalue weighted by Gasteiger charge is 2.05. The lowest BCUT2D eigenvalue weighted by Crippen LogP contribution is -2.38. The van der Waals surface area contributed by atoms with Crippen LogP contribution in [0, 0.1) is 0 Å². The predicted molar refractivity (Wildman–Crippen MR) is 115 cm³/mol. The molecule has 8 heteroatoms. The maximum absolute atomic E-state index is 12.1. The maximum Gasteiger partial charge on any atom is 0.246 e. The third-order valence-electron chi connectivity index (χ3n) is 4.17. The maximum atomic E-state index is 12.1. The first-order valence-electron chi connectivity index (χ1n) is 9.72. The Kier molecular flexibility index (Phi) is 7.45. The van der Waals surface area contributed by atoms with Gasteiger partial charge in [0.15, 0.2) is 5.96 Å². The predicted octanol–water partition coefficient (Wildman–Crippen LogP) is 2.08. The molecule has 3 N–H and O–H groups in total. The van der Waals surface area contributed by atoms with Crippen LogP contribution in [-0.2, 0) is 24.4 Å². The van der Waals surface area contributed by atoms with Crippen molar-refractivity contribution in [3.8, 4) is 0 Å². The van der Waals surface area contributed by atoms with Gasteiger partial charge in [-0.25, -0.2) is 4.99 Å². The van der Waals surface area contributed by atoms with E-state index in [2.05, 4.69) is 30.6 Å². The second-order valence-corrected chi connectivity index (χ2v) is 6.50. The van der Waals surface area contributed by atoms with Crippen LogP contribution < -0.4 is 16.0 Å². The molecule has 29 heavy (non-hydrogen) atoms. The summed E-state index contributed by atoms with van der Waals surface area (Å²) in [5, 5.41) is 13.5. The van der Waals surface area contributed by atoms with Crippen molar-refractivity contribution >= 4 is 17.6 Å². The second kappa shape index (κ2) is 10.7. The molecule has 0 atom stereocenters. The van der Waals surface area contributed by atoms with E-state index in [1.165, 1.54) is 0 Å². The fourth-order valence-corrected chi connectivity index (χ4v) is 2.82. The Labute approximate surface area is 170 Å². The van der Waals surface area contributed by atoms with E-state index >= 15 is 0 Å². The van der Waals surface area contributed by atoms with Crippen molar-refractivity contribution in [2.24, 2.45) is 4.99 Å². The SMILES string of the molecule is CCNC(=NCc1cccc(NC(=O)Cn2cccn2)c1)NCCn1cccc1. The van der Waals surface area contributed by atoms with Crippen molar-refractivity contribution in [2.75, 3.05) is 18.4 Å². The van der Waals surface area contributed by atoms with Gasteiger partial charge in [0.25, 0.3) is 0 Å². The summed E-state index contributed by atoms with van der Waals surface area (Å²) in [6.45, 7) is 5.18. The minimum atomic E-state index is -0.116. The third-order valence-corrected chi connectivity index (χ3v) is 4.17. The lowest BCUT2D eigenvalue weighted by atomic mass is 10.2. The summed E-state index contributed by atoms with van der Waals surface area (Å²) < 4.78 is 3.71. The normalized spacial score (nSPS) is 11.3. The van der Waals surface area contributed by atoms with E-state index < -0.39 is 0 Å². The van der Waals surface area contributed by atoms with E-state index in [1.807, 2.05) is 55.7 Å². The summed E-state index contributed by atoms with van der Waals surface area (Å²) >= 11 is 0. The number of nitrogens with one attached hydrogen (secondary N) is 3. The summed E-state index contributed by atoms with van der Waals surface area (Å²) in [6.07, 6.45) is 7.49. The molecule has 0 saturated heterocycles. The zero-order valence-corrected chi connectivity index (χ0v) is 16.6. The van der Waals surface area contributed by atoms with Gasteiger partial charge in [0.05, 0.1) is 6.54 Å². The fraction of sp³-hybridized carbons (Fsp3) is 0.286. The molecule has 0 spiro atoms. The van der Waals surface area contributed by atoms with Crippen molar-refractivity contribution in [3.63, 3.8) is 0 Å². The molecule has 0 unspecified atom stereocenters. The van der Waals surface area contributed by atoms with Crippen LogP contribution in [0.25, 0.3) is 0 Å². The lowest BCUT2D eigenvalue weighted by molar-refractivity contribution is -0.116. The van der Waals surface area contributed by atoms with Crippen LogP contribution in [-0.4, -0.2) is 39.3 Å². The molecule has 0 aliphatic heterocycles. The number of nitrogens with zero attached hydrogens (tertiary/aromatic N) is 4. The monoisotopic (exact) mass is 393 g/mol. The number of benzene rings is 1. The number of hydrogen-bond acceptors (Lipinski definition) is 3. The first-order valence-corrected chi connectivity index (χ1v) is 9.72. The highest BCUT2D eigenvalue weighted by Crippen LogP contribution is 2.11. The molecule has 3 aromatic rings. The molecule has 152 valence electrons. The van der Waals surface area contributed by atoms with E-state index in [9.17, 15) is 4.79 Å². The quantitative estimate of drug-likeness (QED) is 0.384. The van der Waals surface area contributed by atoms with E-state index in [0.29, 0.717) is 6.54 Å². The number of carbonyl (C=O) groups is 1. The van der Waals surface area contributed by atoms with Crippen molar-refractivity contribution in [3.05, 3.63) is 72.8 Å². The largest absolute Gasteiger partial charge is 0.357 e. The topological polar surface area (TPSA) is 88.3 Å². The van der Waals surface area contributed by atoms with E-state index in [-0.39, 0.29) is 12.5 Å². The highest BCUT2D eigenvalue weighted by atomic mass is 16.2. The van der Waals surface area contributed by atoms with Gasteiger partial charge in [0, 0.05) is 50.1 Å². The van der Waals surface area contributed by atoms with Crippen molar-refractivity contribution in [1.82, 2.24) is 25.0 Å². The second-order valence-electron chi connectivity index (χ2n) is 6.50. The van der Waals surface area contributed by atoms with Gasteiger partial charge in [-0.15, -0.1) is 0 Å². The van der Waals surface area contributed by atoms with Crippen LogP contribution in [0.3, 0.4) is 0 Å². The Bertz CT molecular complexity index is 901. The minimum Gasteiger partial charge on any atom is -0.357 e. The molecule has 8 nitrogen and oxygen atoms in total. The smallest absolute Gasteiger partial charge is 0.246 e. The van der Waals surface area contributed by atoms with Crippen LogP contribution in [0.5, 0.6) is 0 Å². The molecule has 0 radical (unpaired) electrons. The van der Waals surface area contributed by atoms with Gasteiger partial charge in [-0.3, -0.25) is 9.48 Å². The molecule has 1 amide bonds. The molecule has 0 aliphatic rings. The van der Waals surface area contributed by atoms with E-state index in [1.54, 1.807) is 23.1 Å². The molecule has 2 heterocycles. The Hall–Kier alpha value is -3.55. The lowest BCUT2D eigenvalue weighted by Gasteiger charge is -2.12. The number of aromatic nitrogens is 3. The van der Waals surface area contributed by atoms with Crippen LogP contribution in [0.4, 0.5) is 5.69 Å². The highest BCUT2D eigenvalue weighted by molar-refractivity contribution is 5.90. The number of aliphatic imine (C=N–C) groups is 1. The summed E-state index contributed by atoms with van der Waals surface area (Å²) in [7, 11) is 0. The molecule has 2 aromatic heterocycles. The summed E-state index contributed by atoms with van der Waals surface area (Å²) in [5.74, 6) is 0.655. The van der Waals surface area contributed by atoms with Gasteiger partial charge in [0.2, 0.25) is 5.91 Å². The Balaban J connectivity index is 1.53. The molecule has 0 bridgehead atoms. The number of anilines is 1. The van der Waals surface area contributed by atoms with Crippen molar-refractivity contribution in [2.45, 2.75) is 26.6 Å². The zero-order chi connectivity index (χ0) is 20.3. The molecule has 0 aliphatic carbocycles. The minimum absolute atomic E-state index is 0.116. The standard InChI is InChI=1S/C21H27N7O/c1-2-22-21(23-10-14-27-11-3-4-12-27)24-16-18-7-5-8-19(15-18)26-20(29)17-28-13-6-9-25-28/h3-9,11-13,15H,2,10,14,16-17H2,1H3,(H,26,29)(H2,22,23,24). The summed E-state index contributed by atoms with van der Waals surface area (Å²) in [5.41, 5.74) is 1.77. The molecule has 3 rings (SSSR count). The van der Waals surface area contributed by atoms with Gasteiger partial charge in [0.1, 0.15) is 6.54 Å². The number of carbonyl (C=O) groups excluding carboxylic acids is 1.